The van der Waals surface area contributed by atoms with Crippen LogP contribution in [0.15, 0.2) is 22.7 Å². The van der Waals surface area contributed by atoms with Crippen molar-refractivity contribution in [1.82, 2.24) is 0 Å². The molecule has 4 heteroatoms. The van der Waals surface area contributed by atoms with Gasteiger partial charge in [0, 0.05) is 5.54 Å². The molecule has 1 rings (SSSR count). The van der Waals surface area contributed by atoms with E-state index in [0.29, 0.717) is 5.03 Å². The van der Waals surface area contributed by atoms with Gasteiger partial charge in [0.1, 0.15) is 12.4 Å². The lowest BCUT2D eigenvalue weighted by molar-refractivity contribution is 0.281. The summed E-state index contributed by atoms with van der Waals surface area (Å²) in [5.74, 6) is 0.786. The van der Waals surface area contributed by atoms with Gasteiger partial charge in [0.15, 0.2) is 0 Å². The van der Waals surface area contributed by atoms with Crippen molar-refractivity contribution in [3.63, 3.8) is 0 Å². The Morgan fingerprint density at radius 2 is 1.94 bits per heavy atom. The quantitative estimate of drug-likeness (QED) is 0.898. The third-order valence-electron chi connectivity index (χ3n) is 2.18. The van der Waals surface area contributed by atoms with Crippen LogP contribution in [0.2, 0.25) is 0 Å². The molecule has 1 aromatic carbocycles. The molecular formula is C12H14Cl2O2. The molecule has 88 valence electrons. The molecule has 0 amide bonds. The Bertz CT molecular complexity index is 377. The van der Waals surface area contributed by atoms with Crippen molar-refractivity contribution in [3.05, 3.63) is 39.4 Å². The van der Waals surface area contributed by atoms with Gasteiger partial charge in [-0.15, -0.1) is 0 Å². The predicted molar refractivity (Wildman–Crippen MR) is 67.1 cm³/mol. The average Bonchev–Trinajstić information content (AvgIpc) is 2.27. The second kappa shape index (κ2) is 6.14. The van der Waals surface area contributed by atoms with E-state index in [0.717, 1.165) is 22.4 Å². The number of halogens is 2. The standard InChI is InChI=1S/C12H14Cl2O2/c1-8-3-10(6-15)4-9(2)12(8)16-7-11(14)5-13/h3-5,15H,6-7H2,1-2H3. The van der Waals surface area contributed by atoms with Crippen LogP contribution >= 0.6 is 23.2 Å². The van der Waals surface area contributed by atoms with Crippen LogP contribution in [0, 0.1) is 13.8 Å². The van der Waals surface area contributed by atoms with Crippen molar-refractivity contribution in [2.24, 2.45) is 0 Å². The molecule has 1 N–H and O–H groups in total. The van der Waals surface area contributed by atoms with Crippen molar-refractivity contribution in [3.8, 4) is 5.75 Å². The molecule has 0 radical (unpaired) electrons. The molecule has 0 heterocycles. The summed E-state index contributed by atoms with van der Waals surface area (Å²) in [7, 11) is 0. The summed E-state index contributed by atoms with van der Waals surface area (Å²) in [6, 6.07) is 3.78. The van der Waals surface area contributed by atoms with Crippen molar-refractivity contribution in [1.29, 1.82) is 0 Å². The number of ether oxygens (including phenoxy) is 1. The Labute approximate surface area is 105 Å². The fourth-order valence-corrected chi connectivity index (χ4v) is 1.65. The van der Waals surface area contributed by atoms with Crippen LogP contribution in [0.25, 0.3) is 0 Å². The lowest BCUT2D eigenvalue weighted by Crippen LogP contribution is -2.01. The van der Waals surface area contributed by atoms with Crippen LogP contribution < -0.4 is 4.74 Å². The third-order valence-corrected chi connectivity index (χ3v) is 2.77. The zero-order chi connectivity index (χ0) is 12.1. The average molecular weight is 261 g/mol. The number of hydrogen-bond acceptors (Lipinski definition) is 2. The molecule has 0 spiro atoms. The molecule has 0 saturated heterocycles. The van der Waals surface area contributed by atoms with E-state index < -0.39 is 0 Å². The van der Waals surface area contributed by atoms with Gasteiger partial charge in [-0.25, -0.2) is 0 Å². The highest BCUT2D eigenvalue weighted by Gasteiger charge is 2.06. The highest BCUT2D eigenvalue weighted by molar-refractivity contribution is 6.36. The Hall–Kier alpha value is -0.700. The van der Waals surface area contributed by atoms with Gasteiger partial charge in [-0.05, 0) is 30.5 Å². The Morgan fingerprint density at radius 1 is 1.38 bits per heavy atom. The summed E-state index contributed by atoms with van der Waals surface area (Å²) in [4.78, 5) is 0. The largest absolute Gasteiger partial charge is 0.487 e. The van der Waals surface area contributed by atoms with Crippen molar-refractivity contribution >= 4 is 23.2 Å². The number of hydrogen-bond donors (Lipinski definition) is 1. The van der Waals surface area contributed by atoms with Crippen LogP contribution in [0.5, 0.6) is 5.75 Å². The van der Waals surface area contributed by atoms with E-state index >= 15 is 0 Å². The molecule has 0 bridgehead atoms. The topological polar surface area (TPSA) is 29.5 Å². The van der Waals surface area contributed by atoms with E-state index in [4.69, 9.17) is 33.0 Å². The molecule has 2 nitrogen and oxygen atoms in total. The fourth-order valence-electron chi connectivity index (χ4n) is 1.53. The summed E-state index contributed by atoms with van der Waals surface area (Å²) in [5, 5.41) is 9.50. The zero-order valence-electron chi connectivity index (χ0n) is 9.26. The van der Waals surface area contributed by atoms with Crippen LogP contribution in [0.3, 0.4) is 0 Å². The van der Waals surface area contributed by atoms with Crippen molar-refractivity contribution < 1.29 is 9.84 Å². The Morgan fingerprint density at radius 3 is 2.38 bits per heavy atom. The van der Waals surface area contributed by atoms with E-state index in [1.165, 1.54) is 5.54 Å². The van der Waals surface area contributed by atoms with Gasteiger partial charge in [0.05, 0.1) is 11.6 Å². The van der Waals surface area contributed by atoms with Crippen LogP contribution in [0.4, 0.5) is 0 Å². The molecule has 0 fully saturated rings. The lowest BCUT2D eigenvalue weighted by atomic mass is 10.1. The molecule has 0 aromatic heterocycles. The first-order chi connectivity index (χ1) is 7.58. The molecule has 0 aliphatic carbocycles. The summed E-state index contributed by atoms with van der Waals surface area (Å²) in [6.07, 6.45) is 0. The second-order valence-electron chi connectivity index (χ2n) is 3.56. The van der Waals surface area contributed by atoms with Gasteiger partial charge < -0.3 is 9.84 Å². The molecule has 0 saturated carbocycles. The van der Waals surface area contributed by atoms with E-state index in [1.54, 1.807) is 0 Å². The summed E-state index contributed by atoms with van der Waals surface area (Å²) in [5.41, 5.74) is 4.11. The molecule has 1 aromatic rings. The Balaban J connectivity index is 2.88. The summed E-state index contributed by atoms with van der Waals surface area (Å²) >= 11 is 11.2. The fraction of sp³-hybridized carbons (Fsp3) is 0.333. The van der Waals surface area contributed by atoms with Crippen LogP contribution in [0.1, 0.15) is 16.7 Å². The van der Waals surface area contributed by atoms with Crippen molar-refractivity contribution in [2.75, 3.05) is 6.61 Å². The minimum Gasteiger partial charge on any atom is -0.487 e. The van der Waals surface area contributed by atoms with E-state index in [9.17, 15) is 0 Å². The third kappa shape index (κ3) is 3.41. The lowest BCUT2D eigenvalue weighted by Gasteiger charge is -2.13. The van der Waals surface area contributed by atoms with Gasteiger partial charge in [-0.1, -0.05) is 35.3 Å². The van der Waals surface area contributed by atoms with Gasteiger partial charge in [-0.2, -0.15) is 0 Å². The monoisotopic (exact) mass is 260 g/mol. The van der Waals surface area contributed by atoms with E-state index in [1.807, 2.05) is 26.0 Å². The SMILES string of the molecule is Cc1cc(CO)cc(C)c1OCC(Cl)=CCl. The number of aliphatic hydroxyl groups is 1. The van der Waals surface area contributed by atoms with Crippen LogP contribution in [-0.2, 0) is 6.61 Å². The van der Waals surface area contributed by atoms with Crippen LogP contribution in [-0.4, -0.2) is 11.7 Å². The minimum absolute atomic E-state index is 0.0320. The maximum atomic E-state index is 9.05. The second-order valence-corrected chi connectivity index (χ2v) is 4.27. The predicted octanol–water partition coefficient (Wildman–Crippen LogP) is 3.49. The number of rotatable bonds is 4. The first-order valence-corrected chi connectivity index (χ1v) is 5.68. The molecular weight excluding hydrogens is 247 g/mol. The minimum atomic E-state index is 0.0320. The maximum absolute atomic E-state index is 9.05. The summed E-state index contributed by atoms with van der Waals surface area (Å²) < 4.78 is 5.55. The van der Waals surface area contributed by atoms with Gasteiger partial charge in [0.25, 0.3) is 0 Å². The normalized spacial score (nSPS) is 11.7. The number of aryl methyl sites for hydroxylation is 2. The highest BCUT2D eigenvalue weighted by Crippen LogP contribution is 2.25. The van der Waals surface area contributed by atoms with Gasteiger partial charge in [0.2, 0.25) is 0 Å². The highest BCUT2D eigenvalue weighted by atomic mass is 35.5. The van der Waals surface area contributed by atoms with Gasteiger partial charge >= 0.3 is 0 Å². The van der Waals surface area contributed by atoms with Crippen molar-refractivity contribution in [2.45, 2.75) is 20.5 Å². The molecule has 0 aliphatic heterocycles. The maximum Gasteiger partial charge on any atom is 0.125 e. The first-order valence-electron chi connectivity index (χ1n) is 4.87. The van der Waals surface area contributed by atoms with E-state index in [2.05, 4.69) is 0 Å². The summed E-state index contributed by atoms with van der Waals surface area (Å²) in [6.45, 7) is 4.15. The first kappa shape index (κ1) is 13.4. The Kier molecular flexibility index (Phi) is 5.13. The molecule has 0 aliphatic rings. The van der Waals surface area contributed by atoms with E-state index in [-0.39, 0.29) is 13.2 Å². The smallest absolute Gasteiger partial charge is 0.125 e. The molecule has 16 heavy (non-hydrogen) atoms. The zero-order valence-corrected chi connectivity index (χ0v) is 10.8. The number of benzene rings is 1. The molecule has 0 unspecified atom stereocenters. The molecule has 0 atom stereocenters. The van der Waals surface area contributed by atoms with Gasteiger partial charge in [-0.3, -0.25) is 0 Å². The number of aliphatic hydroxyl groups excluding tert-OH is 1.